The molecule has 0 aliphatic rings. The summed E-state index contributed by atoms with van der Waals surface area (Å²) in [5.41, 5.74) is 6.51. The lowest BCUT2D eigenvalue weighted by atomic mass is 10.1. The van der Waals surface area contributed by atoms with Crippen molar-refractivity contribution in [2.75, 3.05) is 5.32 Å². The lowest BCUT2D eigenvalue weighted by molar-refractivity contribution is -0.141. The number of nitrogens with two attached hydrogens (primary N) is 1. The Balaban J connectivity index is 2.06. The Kier molecular flexibility index (Phi) is 4.42. The van der Waals surface area contributed by atoms with E-state index in [-0.39, 0.29) is 6.04 Å². The largest absolute Gasteiger partial charge is 0.435 e. The van der Waals surface area contributed by atoms with Gasteiger partial charge in [0.2, 0.25) is 0 Å². The molecule has 1 aromatic carbocycles. The van der Waals surface area contributed by atoms with Gasteiger partial charge in [-0.15, -0.1) is 10.2 Å². The number of hydrogen-bond acceptors (Lipinski definition) is 4. The Hall–Kier alpha value is -2.15. The van der Waals surface area contributed by atoms with Gasteiger partial charge in [-0.2, -0.15) is 13.2 Å². The SMILES string of the molecule is CC(Nc1ccc(C(F)(F)F)nn1)c1ccc(CN)cc1. The molecule has 2 rings (SSSR count). The second-order valence-corrected chi connectivity index (χ2v) is 4.61. The van der Waals surface area contributed by atoms with E-state index in [0.717, 1.165) is 17.2 Å². The van der Waals surface area contributed by atoms with Crippen molar-refractivity contribution >= 4 is 5.82 Å². The quantitative estimate of drug-likeness (QED) is 0.910. The monoisotopic (exact) mass is 296 g/mol. The van der Waals surface area contributed by atoms with Gasteiger partial charge < -0.3 is 11.1 Å². The van der Waals surface area contributed by atoms with Crippen LogP contribution in [0, 0.1) is 0 Å². The van der Waals surface area contributed by atoms with Crippen LogP contribution in [0.3, 0.4) is 0 Å². The zero-order valence-corrected chi connectivity index (χ0v) is 11.4. The van der Waals surface area contributed by atoms with Gasteiger partial charge in [0.1, 0.15) is 5.82 Å². The maximum absolute atomic E-state index is 12.4. The topological polar surface area (TPSA) is 63.8 Å². The normalized spacial score (nSPS) is 13.0. The van der Waals surface area contributed by atoms with Crippen molar-refractivity contribution < 1.29 is 13.2 Å². The van der Waals surface area contributed by atoms with E-state index in [1.165, 1.54) is 6.07 Å². The highest BCUT2D eigenvalue weighted by molar-refractivity contribution is 5.38. The van der Waals surface area contributed by atoms with Crippen LogP contribution in [-0.4, -0.2) is 10.2 Å². The summed E-state index contributed by atoms with van der Waals surface area (Å²) in [5.74, 6) is 0.290. The molecule has 0 spiro atoms. The first-order chi connectivity index (χ1) is 9.90. The van der Waals surface area contributed by atoms with Crippen LogP contribution in [0.1, 0.15) is 29.8 Å². The van der Waals surface area contributed by atoms with Crippen LogP contribution in [0.5, 0.6) is 0 Å². The van der Waals surface area contributed by atoms with E-state index in [4.69, 9.17) is 5.73 Å². The fraction of sp³-hybridized carbons (Fsp3) is 0.286. The molecule has 0 saturated carbocycles. The van der Waals surface area contributed by atoms with Gasteiger partial charge in [0.25, 0.3) is 0 Å². The zero-order valence-electron chi connectivity index (χ0n) is 11.4. The Morgan fingerprint density at radius 2 is 1.76 bits per heavy atom. The molecule has 21 heavy (non-hydrogen) atoms. The second kappa shape index (κ2) is 6.09. The Bertz CT molecular complexity index is 579. The van der Waals surface area contributed by atoms with Gasteiger partial charge in [-0.25, -0.2) is 0 Å². The van der Waals surface area contributed by atoms with Crippen LogP contribution in [0.2, 0.25) is 0 Å². The first-order valence-electron chi connectivity index (χ1n) is 6.36. The number of rotatable bonds is 4. The Labute approximate surface area is 120 Å². The van der Waals surface area contributed by atoms with E-state index >= 15 is 0 Å². The molecule has 1 atom stereocenters. The average Bonchev–Trinajstić information content (AvgIpc) is 2.47. The standard InChI is InChI=1S/C14H15F3N4/c1-9(11-4-2-10(8-18)3-5-11)19-13-7-6-12(20-21-13)14(15,16)17/h2-7,9H,8,18H2,1H3,(H,19,21). The molecule has 4 nitrogen and oxygen atoms in total. The van der Waals surface area contributed by atoms with Crippen LogP contribution < -0.4 is 11.1 Å². The van der Waals surface area contributed by atoms with E-state index in [1.54, 1.807) is 0 Å². The fourth-order valence-electron chi connectivity index (χ4n) is 1.81. The molecule has 2 aromatic rings. The molecule has 7 heteroatoms. The maximum Gasteiger partial charge on any atom is 0.435 e. The molecular weight excluding hydrogens is 281 g/mol. The van der Waals surface area contributed by atoms with Crippen molar-refractivity contribution in [3.63, 3.8) is 0 Å². The summed E-state index contributed by atoms with van der Waals surface area (Å²) in [5, 5.41) is 9.72. The van der Waals surface area contributed by atoms with Crippen molar-refractivity contribution in [2.24, 2.45) is 5.73 Å². The third-order valence-electron chi connectivity index (χ3n) is 3.03. The molecule has 0 aliphatic heterocycles. The van der Waals surface area contributed by atoms with Crippen molar-refractivity contribution in [3.8, 4) is 0 Å². The number of nitrogens with one attached hydrogen (secondary N) is 1. The summed E-state index contributed by atoms with van der Waals surface area (Å²) >= 11 is 0. The Morgan fingerprint density at radius 3 is 2.24 bits per heavy atom. The molecular formula is C14H15F3N4. The maximum atomic E-state index is 12.4. The molecule has 0 saturated heterocycles. The van der Waals surface area contributed by atoms with Gasteiger partial charge in [0, 0.05) is 12.6 Å². The van der Waals surface area contributed by atoms with Gasteiger partial charge in [-0.1, -0.05) is 24.3 Å². The number of benzene rings is 1. The Morgan fingerprint density at radius 1 is 1.10 bits per heavy atom. The first-order valence-corrected chi connectivity index (χ1v) is 6.36. The van der Waals surface area contributed by atoms with Crippen LogP contribution in [0.4, 0.5) is 19.0 Å². The highest BCUT2D eigenvalue weighted by Gasteiger charge is 2.32. The third kappa shape index (κ3) is 3.91. The van der Waals surface area contributed by atoms with Crippen LogP contribution >= 0.6 is 0 Å². The van der Waals surface area contributed by atoms with Gasteiger partial charge in [-0.05, 0) is 30.2 Å². The van der Waals surface area contributed by atoms with Crippen molar-refractivity contribution in [1.29, 1.82) is 0 Å². The van der Waals surface area contributed by atoms with E-state index in [1.807, 2.05) is 31.2 Å². The molecule has 3 N–H and O–H groups in total. The van der Waals surface area contributed by atoms with Gasteiger partial charge in [-0.3, -0.25) is 0 Å². The summed E-state index contributed by atoms with van der Waals surface area (Å²) < 4.78 is 37.2. The summed E-state index contributed by atoms with van der Waals surface area (Å²) in [6.45, 7) is 2.35. The summed E-state index contributed by atoms with van der Waals surface area (Å²) in [4.78, 5) is 0. The molecule has 0 fully saturated rings. The number of aromatic nitrogens is 2. The van der Waals surface area contributed by atoms with Crippen molar-refractivity contribution in [1.82, 2.24) is 10.2 Å². The van der Waals surface area contributed by atoms with E-state index in [9.17, 15) is 13.2 Å². The predicted molar refractivity (Wildman–Crippen MR) is 73.4 cm³/mol. The highest BCUT2D eigenvalue weighted by Crippen LogP contribution is 2.27. The van der Waals surface area contributed by atoms with Crippen LogP contribution in [0.15, 0.2) is 36.4 Å². The smallest absolute Gasteiger partial charge is 0.362 e. The number of halogens is 3. The van der Waals surface area contributed by atoms with Gasteiger partial charge in [0.15, 0.2) is 5.69 Å². The summed E-state index contributed by atoms with van der Waals surface area (Å²) in [6, 6.07) is 9.70. The lowest BCUT2D eigenvalue weighted by Gasteiger charge is -2.15. The molecule has 1 unspecified atom stereocenters. The van der Waals surface area contributed by atoms with E-state index in [0.29, 0.717) is 12.4 Å². The fourth-order valence-corrected chi connectivity index (χ4v) is 1.81. The second-order valence-electron chi connectivity index (χ2n) is 4.61. The van der Waals surface area contributed by atoms with Crippen molar-refractivity contribution in [2.45, 2.75) is 25.7 Å². The van der Waals surface area contributed by atoms with Crippen LogP contribution in [0.25, 0.3) is 0 Å². The van der Waals surface area contributed by atoms with Gasteiger partial charge in [0.05, 0.1) is 0 Å². The summed E-state index contributed by atoms with van der Waals surface area (Å²) in [7, 11) is 0. The van der Waals surface area contributed by atoms with E-state index in [2.05, 4.69) is 15.5 Å². The third-order valence-corrected chi connectivity index (χ3v) is 3.03. The number of anilines is 1. The minimum Gasteiger partial charge on any atom is -0.362 e. The van der Waals surface area contributed by atoms with Gasteiger partial charge >= 0.3 is 6.18 Å². The molecule has 0 radical (unpaired) electrons. The molecule has 112 valence electrons. The minimum atomic E-state index is -4.48. The number of hydrogen-bond donors (Lipinski definition) is 2. The van der Waals surface area contributed by atoms with Crippen molar-refractivity contribution in [3.05, 3.63) is 53.2 Å². The molecule has 0 bridgehead atoms. The predicted octanol–water partition coefficient (Wildman–Crippen LogP) is 3.13. The lowest BCUT2D eigenvalue weighted by Crippen LogP contribution is -2.12. The molecule has 1 aromatic heterocycles. The first kappa shape index (κ1) is 15.2. The summed E-state index contributed by atoms with van der Waals surface area (Å²) in [6.07, 6.45) is -4.48. The molecule has 0 amide bonds. The zero-order chi connectivity index (χ0) is 15.5. The number of nitrogens with zero attached hydrogens (tertiary/aromatic N) is 2. The molecule has 1 heterocycles. The highest BCUT2D eigenvalue weighted by atomic mass is 19.4. The molecule has 0 aliphatic carbocycles. The average molecular weight is 296 g/mol. The van der Waals surface area contributed by atoms with E-state index < -0.39 is 11.9 Å². The minimum absolute atomic E-state index is 0.108. The van der Waals surface area contributed by atoms with Crippen LogP contribution in [-0.2, 0) is 12.7 Å². The number of alkyl halides is 3.